The molecular weight excluding hydrogens is 480 g/mol. The first-order valence-electron chi connectivity index (χ1n) is 12.8. The van der Waals surface area contributed by atoms with E-state index in [9.17, 15) is 4.79 Å². The monoisotopic (exact) mass is 512 g/mol. The molecule has 3 aromatic carbocycles. The first kappa shape index (κ1) is 25.4. The van der Waals surface area contributed by atoms with Crippen molar-refractivity contribution >= 4 is 5.91 Å². The van der Waals surface area contributed by atoms with Gasteiger partial charge >= 0.3 is 0 Å². The van der Waals surface area contributed by atoms with Gasteiger partial charge in [0.15, 0.2) is 0 Å². The summed E-state index contributed by atoms with van der Waals surface area (Å²) in [6, 6.07) is 25.8. The lowest BCUT2D eigenvalue weighted by atomic mass is 10.1. The second kappa shape index (κ2) is 12.3. The second-order valence-electron chi connectivity index (χ2n) is 9.40. The zero-order valence-electron chi connectivity index (χ0n) is 21.4. The third-order valence-electron chi connectivity index (χ3n) is 6.87. The highest BCUT2D eigenvalue weighted by molar-refractivity contribution is 5.82. The number of hydrogen-bond donors (Lipinski definition) is 1. The van der Waals surface area contributed by atoms with E-state index in [-0.39, 0.29) is 18.0 Å². The van der Waals surface area contributed by atoms with Gasteiger partial charge in [-0.3, -0.25) is 9.69 Å². The molecule has 0 aliphatic carbocycles. The Labute approximate surface area is 222 Å². The summed E-state index contributed by atoms with van der Waals surface area (Å²) < 4.78 is 13.1. The predicted molar refractivity (Wildman–Crippen MR) is 143 cm³/mol. The molecule has 1 aromatic heterocycles. The molecule has 1 aliphatic rings. The van der Waals surface area contributed by atoms with Crippen LogP contribution >= 0.6 is 0 Å². The normalized spacial score (nSPS) is 17.3. The average molecular weight is 513 g/mol. The van der Waals surface area contributed by atoms with Crippen LogP contribution in [0.3, 0.4) is 0 Å². The zero-order valence-corrected chi connectivity index (χ0v) is 21.4. The van der Waals surface area contributed by atoms with Gasteiger partial charge in [0.1, 0.15) is 24.4 Å². The number of nitrogens with zero attached hydrogens (tertiary/aromatic N) is 5. The van der Waals surface area contributed by atoms with E-state index in [2.05, 4.69) is 37.9 Å². The minimum absolute atomic E-state index is 0.0123. The maximum atomic E-state index is 13.3. The standard InChI is InChI=1S/C29H32N6O3/c1-37-28-10-6-5-9-24(28)15-16-30-29(36)27-17-25(35-21-31-32-33-35)19-34(27)18-22-11-13-26(14-12-22)38-20-23-7-3-2-4-8-23/h2-14,21,25,27H,15-20H2,1H3,(H,30,36)/t25-,27-/m0/s1. The molecule has 0 radical (unpaired) electrons. The summed E-state index contributed by atoms with van der Waals surface area (Å²) in [4.78, 5) is 15.5. The molecule has 0 saturated carbocycles. The van der Waals surface area contributed by atoms with E-state index in [1.54, 1.807) is 18.1 Å². The topological polar surface area (TPSA) is 94.4 Å². The van der Waals surface area contributed by atoms with Gasteiger partial charge in [0.25, 0.3) is 0 Å². The molecule has 2 atom stereocenters. The van der Waals surface area contributed by atoms with E-state index in [0.29, 0.717) is 39.1 Å². The second-order valence-corrected chi connectivity index (χ2v) is 9.40. The Hall–Kier alpha value is -4.24. The Morgan fingerprint density at radius 3 is 2.55 bits per heavy atom. The Morgan fingerprint density at radius 1 is 1.00 bits per heavy atom. The Bertz CT molecular complexity index is 1300. The maximum absolute atomic E-state index is 13.3. The van der Waals surface area contributed by atoms with Crippen LogP contribution in [0, 0.1) is 0 Å². The van der Waals surface area contributed by atoms with Crippen LogP contribution < -0.4 is 14.8 Å². The minimum Gasteiger partial charge on any atom is -0.496 e. The van der Waals surface area contributed by atoms with Gasteiger partial charge in [0.05, 0.1) is 19.2 Å². The van der Waals surface area contributed by atoms with Crippen LogP contribution in [0.15, 0.2) is 85.2 Å². The van der Waals surface area contributed by atoms with Crippen molar-refractivity contribution in [2.75, 3.05) is 20.2 Å². The molecule has 1 saturated heterocycles. The number of carbonyl (C=O) groups excluding carboxylic acids is 1. The number of hydrogen-bond acceptors (Lipinski definition) is 7. The number of amides is 1. The molecule has 196 valence electrons. The van der Waals surface area contributed by atoms with E-state index >= 15 is 0 Å². The lowest BCUT2D eigenvalue weighted by Crippen LogP contribution is -2.43. The Morgan fingerprint density at radius 2 is 1.79 bits per heavy atom. The molecule has 5 rings (SSSR count). The summed E-state index contributed by atoms with van der Waals surface area (Å²) in [5.41, 5.74) is 3.31. The molecule has 4 aromatic rings. The van der Waals surface area contributed by atoms with Crippen molar-refractivity contribution in [3.05, 3.63) is 102 Å². The van der Waals surface area contributed by atoms with E-state index < -0.39 is 0 Å². The van der Waals surface area contributed by atoms with Crippen molar-refractivity contribution in [3.63, 3.8) is 0 Å². The fourth-order valence-corrected chi connectivity index (χ4v) is 4.87. The average Bonchev–Trinajstić information content (AvgIpc) is 3.64. The quantitative estimate of drug-likeness (QED) is 0.329. The Balaban J connectivity index is 1.21. The third-order valence-corrected chi connectivity index (χ3v) is 6.87. The van der Waals surface area contributed by atoms with E-state index in [1.165, 1.54) is 0 Å². The predicted octanol–water partition coefficient (Wildman–Crippen LogP) is 3.44. The van der Waals surface area contributed by atoms with E-state index in [1.807, 2.05) is 66.7 Å². The van der Waals surface area contributed by atoms with E-state index in [0.717, 1.165) is 28.2 Å². The number of nitrogens with one attached hydrogen (secondary N) is 1. The first-order chi connectivity index (χ1) is 18.7. The van der Waals surface area contributed by atoms with Crippen LogP contribution in [0.1, 0.15) is 29.2 Å². The number of likely N-dealkylation sites (tertiary alicyclic amines) is 1. The number of methoxy groups -OCH3 is 1. The number of aromatic nitrogens is 4. The lowest BCUT2D eigenvalue weighted by Gasteiger charge is -2.23. The fraction of sp³-hybridized carbons (Fsp3) is 0.310. The van der Waals surface area contributed by atoms with Crippen molar-refractivity contribution in [3.8, 4) is 11.5 Å². The molecule has 2 heterocycles. The van der Waals surface area contributed by atoms with Gasteiger partial charge in [-0.2, -0.15) is 0 Å². The molecule has 1 N–H and O–H groups in total. The summed E-state index contributed by atoms with van der Waals surface area (Å²) >= 11 is 0. The third kappa shape index (κ3) is 6.36. The maximum Gasteiger partial charge on any atom is 0.237 e. The first-order valence-corrected chi connectivity index (χ1v) is 12.8. The number of benzene rings is 3. The molecule has 1 amide bonds. The summed E-state index contributed by atoms with van der Waals surface area (Å²) in [6.45, 7) is 2.38. The van der Waals surface area contributed by atoms with Crippen LogP contribution in [0.4, 0.5) is 0 Å². The van der Waals surface area contributed by atoms with Crippen LogP contribution in [0.2, 0.25) is 0 Å². The number of para-hydroxylation sites is 1. The molecule has 9 nitrogen and oxygen atoms in total. The van der Waals surface area contributed by atoms with Crippen LogP contribution in [-0.2, 0) is 24.4 Å². The molecule has 38 heavy (non-hydrogen) atoms. The Kier molecular flexibility index (Phi) is 8.25. The minimum atomic E-state index is -0.282. The van der Waals surface area contributed by atoms with Crippen molar-refractivity contribution in [2.45, 2.75) is 38.1 Å². The largest absolute Gasteiger partial charge is 0.496 e. The smallest absolute Gasteiger partial charge is 0.237 e. The van der Waals surface area contributed by atoms with Crippen molar-refractivity contribution in [1.29, 1.82) is 0 Å². The highest BCUT2D eigenvalue weighted by atomic mass is 16.5. The molecule has 1 aliphatic heterocycles. The van der Waals surface area contributed by atoms with Gasteiger partial charge in [-0.15, -0.1) is 5.10 Å². The van der Waals surface area contributed by atoms with Gasteiger partial charge in [-0.25, -0.2) is 4.68 Å². The van der Waals surface area contributed by atoms with Crippen LogP contribution in [-0.4, -0.2) is 57.3 Å². The van der Waals surface area contributed by atoms with Gasteiger partial charge in [0.2, 0.25) is 5.91 Å². The number of ether oxygens (including phenoxy) is 2. The number of carbonyl (C=O) groups is 1. The summed E-state index contributed by atoms with van der Waals surface area (Å²) in [5, 5.41) is 14.8. The van der Waals surface area contributed by atoms with Gasteiger partial charge in [-0.1, -0.05) is 60.7 Å². The number of tetrazole rings is 1. The lowest BCUT2D eigenvalue weighted by molar-refractivity contribution is -0.125. The summed E-state index contributed by atoms with van der Waals surface area (Å²) in [7, 11) is 1.66. The molecular formula is C29H32N6O3. The highest BCUT2D eigenvalue weighted by Crippen LogP contribution is 2.29. The van der Waals surface area contributed by atoms with Crippen LogP contribution in [0.5, 0.6) is 11.5 Å². The molecule has 0 spiro atoms. The summed E-state index contributed by atoms with van der Waals surface area (Å²) in [5.74, 6) is 1.66. The van der Waals surface area contributed by atoms with Gasteiger partial charge in [-0.05, 0) is 58.2 Å². The van der Waals surface area contributed by atoms with Crippen molar-refractivity contribution in [2.24, 2.45) is 0 Å². The fourth-order valence-electron chi connectivity index (χ4n) is 4.87. The highest BCUT2D eigenvalue weighted by Gasteiger charge is 2.38. The molecule has 0 bridgehead atoms. The van der Waals surface area contributed by atoms with Crippen molar-refractivity contribution < 1.29 is 14.3 Å². The summed E-state index contributed by atoms with van der Waals surface area (Å²) in [6.07, 6.45) is 2.96. The number of rotatable bonds is 11. The SMILES string of the molecule is COc1ccccc1CCNC(=O)[C@@H]1C[C@H](n2cnnn2)CN1Cc1ccc(OCc2ccccc2)cc1. The van der Waals surface area contributed by atoms with Crippen molar-refractivity contribution in [1.82, 2.24) is 30.4 Å². The molecule has 1 fully saturated rings. The van der Waals surface area contributed by atoms with Gasteiger partial charge in [0, 0.05) is 19.6 Å². The molecule has 0 unspecified atom stereocenters. The molecule has 9 heteroatoms. The van der Waals surface area contributed by atoms with E-state index in [4.69, 9.17) is 9.47 Å². The zero-order chi connectivity index (χ0) is 26.2. The van der Waals surface area contributed by atoms with Crippen LogP contribution in [0.25, 0.3) is 0 Å². The van der Waals surface area contributed by atoms with Gasteiger partial charge < -0.3 is 14.8 Å².